The van der Waals surface area contributed by atoms with Crippen LogP contribution < -0.4 is 11.1 Å². The van der Waals surface area contributed by atoms with Crippen molar-refractivity contribution in [1.82, 2.24) is 5.32 Å². The lowest BCUT2D eigenvalue weighted by atomic mass is 9.98. The monoisotopic (exact) mass is 230 g/mol. The van der Waals surface area contributed by atoms with Gasteiger partial charge in [-0.2, -0.15) is 0 Å². The molecule has 1 atom stereocenters. The van der Waals surface area contributed by atoms with E-state index in [0.717, 1.165) is 0 Å². The van der Waals surface area contributed by atoms with Crippen LogP contribution >= 0.6 is 0 Å². The van der Waals surface area contributed by atoms with Crippen molar-refractivity contribution >= 4 is 11.9 Å². The molecule has 0 aromatic carbocycles. The van der Waals surface area contributed by atoms with Gasteiger partial charge in [0.05, 0.1) is 6.61 Å². The molecule has 3 N–H and O–H groups in total. The molecular formula is C11H22N2O3. The van der Waals surface area contributed by atoms with Crippen molar-refractivity contribution in [2.24, 2.45) is 5.73 Å². The van der Waals surface area contributed by atoms with E-state index in [1.54, 1.807) is 6.92 Å². The van der Waals surface area contributed by atoms with Crippen LogP contribution in [0.15, 0.2) is 0 Å². The van der Waals surface area contributed by atoms with Crippen molar-refractivity contribution in [2.45, 2.75) is 52.1 Å². The van der Waals surface area contributed by atoms with Crippen molar-refractivity contribution in [3.05, 3.63) is 0 Å². The van der Waals surface area contributed by atoms with Crippen molar-refractivity contribution < 1.29 is 14.3 Å². The lowest BCUT2D eigenvalue weighted by Gasteiger charge is -2.29. The Morgan fingerprint density at radius 2 is 1.94 bits per heavy atom. The van der Waals surface area contributed by atoms with Gasteiger partial charge in [0.15, 0.2) is 0 Å². The first-order chi connectivity index (χ1) is 7.32. The fourth-order valence-corrected chi connectivity index (χ4v) is 1.53. The topological polar surface area (TPSA) is 81.4 Å². The first-order valence-corrected chi connectivity index (χ1v) is 5.55. The number of nitrogens with one attached hydrogen (secondary N) is 1. The highest BCUT2D eigenvalue weighted by atomic mass is 16.5. The molecule has 0 bridgehead atoms. The Labute approximate surface area is 96.7 Å². The molecule has 0 radical (unpaired) electrons. The molecular weight excluding hydrogens is 208 g/mol. The fraction of sp³-hybridized carbons (Fsp3) is 0.818. The average molecular weight is 230 g/mol. The number of rotatable bonds is 7. The zero-order valence-corrected chi connectivity index (χ0v) is 10.5. The van der Waals surface area contributed by atoms with Gasteiger partial charge in [0.25, 0.3) is 0 Å². The van der Waals surface area contributed by atoms with E-state index in [1.807, 2.05) is 20.8 Å². The van der Waals surface area contributed by atoms with Gasteiger partial charge in [-0.1, -0.05) is 6.92 Å². The van der Waals surface area contributed by atoms with Gasteiger partial charge >= 0.3 is 5.97 Å². The van der Waals surface area contributed by atoms with Crippen molar-refractivity contribution in [3.63, 3.8) is 0 Å². The van der Waals surface area contributed by atoms with Gasteiger partial charge in [-0.15, -0.1) is 0 Å². The average Bonchev–Trinajstić information content (AvgIpc) is 2.12. The van der Waals surface area contributed by atoms with Crippen LogP contribution in [0.2, 0.25) is 0 Å². The predicted octanol–water partition coefficient (Wildman–Crippen LogP) is 0.572. The van der Waals surface area contributed by atoms with Gasteiger partial charge in [0.1, 0.15) is 6.04 Å². The Bertz CT molecular complexity index is 252. The number of hydrogen-bond donors (Lipinski definition) is 2. The summed E-state index contributed by atoms with van der Waals surface area (Å²) in [6, 6.07) is -0.394. The molecule has 0 saturated carbocycles. The Kier molecular flexibility index (Phi) is 6.03. The van der Waals surface area contributed by atoms with Crippen molar-refractivity contribution in [2.75, 3.05) is 6.61 Å². The minimum absolute atomic E-state index is 0.183. The zero-order valence-electron chi connectivity index (χ0n) is 10.5. The smallest absolute Gasteiger partial charge is 0.323 e. The maximum absolute atomic E-state index is 11.5. The maximum Gasteiger partial charge on any atom is 0.323 e. The SMILES string of the molecule is CCOC(=O)C(CC)NC(C)(C)CC(N)=O. The van der Waals surface area contributed by atoms with Gasteiger partial charge in [-0.3, -0.25) is 14.9 Å². The third-order valence-electron chi connectivity index (χ3n) is 2.16. The third kappa shape index (κ3) is 5.70. The van der Waals surface area contributed by atoms with Gasteiger partial charge in [0, 0.05) is 12.0 Å². The van der Waals surface area contributed by atoms with E-state index in [4.69, 9.17) is 10.5 Å². The molecule has 0 heterocycles. The highest BCUT2D eigenvalue weighted by Gasteiger charge is 2.27. The number of carbonyl (C=O) groups excluding carboxylic acids is 2. The van der Waals surface area contributed by atoms with Crippen molar-refractivity contribution in [3.8, 4) is 0 Å². The van der Waals surface area contributed by atoms with Gasteiger partial charge in [-0.05, 0) is 27.2 Å². The van der Waals surface area contributed by atoms with Crippen LogP contribution in [-0.2, 0) is 14.3 Å². The Hall–Kier alpha value is -1.10. The summed E-state index contributed by atoms with van der Waals surface area (Å²) in [6.45, 7) is 7.67. The van der Waals surface area contributed by atoms with Crippen LogP contribution in [0.4, 0.5) is 0 Å². The van der Waals surface area contributed by atoms with E-state index in [0.29, 0.717) is 13.0 Å². The molecule has 0 spiro atoms. The molecule has 0 fully saturated rings. The van der Waals surface area contributed by atoms with E-state index in [1.165, 1.54) is 0 Å². The summed E-state index contributed by atoms with van der Waals surface area (Å²) in [5.41, 5.74) is 4.63. The summed E-state index contributed by atoms with van der Waals surface area (Å²) < 4.78 is 4.93. The number of ether oxygens (including phenoxy) is 1. The normalized spacial score (nSPS) is 13.2. The molecule has 0 aliphatic rings. The summed E-state index contributed by atoms with van der Waals surface area (Å²) in [4.78, 5) is 22.4. The fourth-order valence-electron chi connectivity index (χ4n) is 1.53. The minimum atomic E-state index is -0.501. The number of primary amides is 1. The number of amides is 1. The molecule has 1 amide bonds. The molecule has 16 heavy (non-hydrogen) atoms. The second kappa shape index (κ2) is 6.48. The molecule has 0 aromatic rings. The maximum atomic E-state index is 11.5. The Balaban J connectivity index is 4.40. The predicted molar refractivity (Wildman–Crippen MR) is 61.7 cm³/mol. The van der Waals surface area contributed by atoms with Crippen LogP contribution in [0.5, 0.6) is 0 Å². The van der Waals surface area contributed by atoms with Gasteiger partial charge < -0.3 is 10.5 Å². The molecule has 0 aliphatic carbocycles. The molecule has 0 aromatic heterocycles. The standard InChI is InChI=1S/C11H22N2O3/c1-5-8(10(15)16-6-2)13-11(3,4)7-9(12)14/h8,13H,5-7H2,1-4H3,(H2,12,14). The van der Waals surface area contributed by atoms with E-state index >= 15 is 0 Å². The summed E-state index contributed by atoms with van der Waals surface area (Å²) in [7, 11) is 0. The summed E-state index contributed by atoms with van der Waals surface area (Å²) in [5.74, 6) is -0.682. The third-order valence-corrected chi connectivity index (χ3v) is 2.16. The number of nitrogens with two attached hydrogens (primary N) is 1. The first kappa shape index (κ1) is 14.9. The largest absolute Gasteiger partial charge is 0.465 e. The zero-order chi connectivity index (χ0) is 12.8. The Morgan fingerprint density at radius 1 is 1.38 bits per heavy atom. The van der Waals surface area contributed by atoms with E-state index in [9.17, 15) is 9.59 Å². The van der Waals surface area contributed by atoms with Gasteiger partial charge in [0.2, 0.25) is 5.91 Å². The first-order valence-electron chi connectivity index (χ1n) is 5.55. The van der Waals surface area contributed by atoms with Crippen molar-refractivity contribution in [1.29, 1.82) is 0 Å². The lowest BCUT2D eigenvalue weighted by Crippen LogP contribution is -2.51. The molecule has 0 aliphatic heterocycles. The molecule has 0 rings (SSSR count). The molecule has 1 unspecified atom stereocenters. The number of esters is 1. The van der Waals surface area contributed by atoms with E-state index in [2.05, 4.69) is 5.32 Å². The van der Waals surface area contributed by atoms with Crippen LogP contribution in [0.1, 0.15) is 40.5 Å². The Morgan fingerprint density at radius 3 is 2.31 bits per heavy atom. The molecule has 0 saturated heterocycles. The molecule has 5 heteroatoms. The minimum Gasteiger partial charge on any atom is -0.465 e. The highest BCUT2D eigenvalue weighted by Crippen LogP contribution is 2.11. The summed E-state index contributed by atoms with van der Waals surface area (Å²) in [6.07, 6.45) is 0.796. The molecule has 94 valence electrons. The van der Waals surface area contributed by atoms with E-state index in [-0.39, 0.29) is 12.4 Å². The second-order valence-electron chi connectivity index (χ2n) is 4.38. The second-order valence-corrected chi connectivity index (χ2v) is 4.38. The quantitative estimate of drug-likeness (QED) is 0.626. The number of hydrogen-bond acceptors (Lipinski definition) is 4. The highest BCUT2D eigenvalue weighted by molar-refractivity contribution is 5.77. The summed E-state index contributed by atoms with van der Waals surface area (Å²) >= 11 is 0. The molecule has 5 nitrogen and oxygen atoms in total. The van der Waals surface area contributed by atoms with E-state index < -0.39 is 17.5 Å². The van der Waals surface area contributed by atoms with Gasteiger partial charge in [-0.25, -0.2) is 0 Å². The van der Waals surface area contributed by atoms with Crippen LogP contribution in [0.3, 0.4) is 0 Å². The van der Waals surface area contributed by atoms with Crippen LogP contribution in [0, 0.1) is 0 Å². The van der Waals surface area contributed by atoms with Crippen LogP contribution in [0.25, 0.3) is 0 Å². The van der Waals surface area contributed by atoms with Crippen LogP contribution in [-0.4, -0.2) is 30.1 Å². The lowest BCUT2D eigenvalue weighted by molar-refractivity contribution is -0.146. The summed E-state index contributed by atoms with van der Waals surface area (Å²) in [5, 5.41) is 3.08. The number of carbonyl (C=O) groups is 2.